The molecule has 0 radical (unpaired) electrons. The van der Waals surface area contributed by atoms with Crippen molar-refractivity contribution in [3.63, 3.8) is 0 Å². The van der Waals surface area contributed by atoms with Gasteiger partial charge < -0.3 is 11.1 Å². The normalized spacial score (nSPS) is 11.3. The van der Waals surface area contributed by atoms with Crippen LogP contribution in [0.2, 0.25) is 0 Å². The standard InChI is InChI=1S/C14H28N2OS/c1-4-7-8-9-10-11-12(17)16-14(5-2,6-3)13(15)18/h4-11H2,1-3H3,(H2,15,18)(H,16,17). The van der Waals surface area contributed by atoms with Gasteiger partial charge in [-0.25, -0.2) is 0 Å². The van der Waals surface area contributed by atoms with Gasteiger partial charge in [-0.1, -0.05) is 58.7 Å². The fraction of sp³-hybridized carbons (Fsp3) is 0.857. The highest BCUT2D eigenvalue weighted by atomic mass is 32.1. The number of nitrogens with one attached hydrogen (secondary N) is 1. The summed E-state index contributed by atoms with van der Waals surface area (Å²) in [6, 6.07) is 0. The summed E-state index contributed by atoms with van der Waals surface area (Å²) in [5.41, 5.74) is 5.26. The molecule has 0 fully saturated rings. The van der Waals surface area contributed by atoms with E-state index in [-0.39, 0.29) is 5.91 Å². The first-order valence-electron chi connectivity index (χ1n) is 7.13. The fourth-order valence-corrected chi connectivity index (χ4v) is 2.40. The van der Waals surface area contributed by atoms with Gasteiger partial charge in [0.25, 0.3) is 0 Å². The SMILES string of the molecule is CCCCCCCC(=O)NC(CC)(CC)C(N)=S. The first-order chi connectivity index (χ1) is 8.52. The van der Waals surface area contributed by atoms with Crippen molar-refractivity contribution in [1.82, 2.24) is 5.32 Å². The number of carbonyl (C=O) groups is 1. The number of unbranched alkanes of at least 4 members (excludes halogenated alkanes) is 4. The molecule has 3 N–H and O–H groups in total. The maximum atomic E-state index is 11.9. The second-order valence-corrected chi connectivity index (χ2v) is 5.31. The van der Waals surface area contributed by atoms with Gasteiger partial charge in [-0.15, -0.1) is 0 Å². The van der Waals surface area contributed by atoms with Crippen LogP contribution in [-0.4, -0.2) is 16.4 Å². The fourth-order valence-electron chi connectivity index (χ4n) is 2.06. The van der Waals surface area contributed by atoms with Crippen molar-refractivity contribution in [1.29, 1.82) is 0 Å². The Morgan fingerprint density at radius 2 is 1.67 bits per heavy atom. The second-order valence-electron chi connectivity index (χ2n) is 4.87. The van der Waals surface area contributed by atoms with Crippen molar-refractivity contribution in [2.75, 3.05) is 0 Å². The lowest BCUT2D eigenvalue weighted by Crippen LogP contribution is -2.55. The maximum absolute atomic E-state index is 11.9. The van der Waals surface area contributed by atoms with E-state index >= 15 is 0 Å². The summed E-state index contributed by atoms with van der Waals surface area (Å²) in [5.74, 6) is 0.0722. The average molecular weight is 272 g/mol. The molecular formula is C14H28N2OS. The predicted molar refractivity (Wildman–Crippen MR) is 81.6 cm³/mol. The predicted octanol–water partition coefficient (Wildman–Crippen LogP) is 3.31. The zero-order valence-corrected chi connectivity index (χ0v) is 12.9. The van der Waals surface area contributed by atoms with Crippen LogP contribution in [0.3, 0.4) is 0 Å². The molecule has 1 amide bonds. The van der Waals surface area contributed by atoms with Gasteiger partial charge in [-0.05, 0) is 19.3 Å². The Bertz CT molecular complexity index is 263. The van der Waals surface area contributed by atoms with Crippen LogP contribution in [0.5, 0.6) is 0 Å². The lowest BCUT2D eigenvalue weighted by molar-refractivity contribution is -0.122. The Morgan fingerprint density at radius 1 is 1.11 bits per heavy atom. The lowest BCUT2D eigenvalue weighted by atomic mass is 9.92. The Hall–Kier alpha value is -0.640. The Morgan fingerprint density at radius 3 is 2.11 bits per heavy atom. The molecule has 0 aromatic carbocycles. The first-order valence-corrected chi connectivity index (χ1v) is 7.54. The molecule has 0 saturated carbocycles. The molecule has 0 bridgehead atoms. The number of carbonyl (C=O) groups excluding carboxylic acids is 1. The monoisotopic (exact) mass is 272 g/mol. The third-order valence-electron chi connectivity index (χ3n) is 3.56. The number of rotatable bonds is 10. The third kappa shape index (κ3) is 5.80. The molecular weight excluding hydrogens is 244 g/mol. The van der Waals surface area contributed by atoms with Gasteiger partial charge in [0.1, 0.15) is 0 Å². The van der Waals surface area contributed by atoms with Crippen molar-refractivity contribution in [3.8, 4) is 0 Å². The van der Waals surface area contributed by atoms with Crippen LogP contribution in [-0.2, 0) is 4.79 Å². The van der Waals surface area contributed by atoms with Gasteiger partial charge in [-0.2, -0.15) is 0 Å². The largest absolute Gasteiger partial charge is 0.391 e. The van der Waals surface area contributed by atoms with E-state index in [1.165, 1.54) is 19.3 Å². The van der Waals surface area contributed by atoms with Gasteiger partial charge >= 0.3 is 0 Å². The minimum absolute atomic E-state index is 0.0722. The highest BCUT2D eigenvalue weighted by molar-refractivity contribution is 7.80. The Labute approximate surface area is 117 Å². The van der Waals surface area contributed by atoms with E-state index < -0.39 is 5.54 Å². The molecule has 18 heavy (non-hydrogen) atoms. The van der Waals surface area contributed by atoms with Crippen LogP contribution in [0, 0.1) is 0 Å². The van der Waals surface area contributed by atoms with E-state index in [9.17, 15) is 4.79 Å². The van der Waals surface area contributed by atoms with Gasteiger partial charge in [-0.3, -0.25) is 4.79 Å². The summed E-state index contributed by atoms with van der Waals surface area (Å²) < 4.78 is 0. The summed E-state index contributed by atoms with van der Waals surface area (Å²) in [4.78, 5) is 12.3. The minimum Gasteiger partial charge on any atom is -0.391 e. The molecule has 0 aliphatic heterocycles. The third-order valence-corrected chi connectivity index (χ3v) is 3.96. The molecule has 4 heteroatoms. The number of hydrogen-bond donors (Lipinski definition) is 2. The van der Waals surface area contributed by atoms with E-state index in [0.717, 1.165) is 25.7 Å². The van der Waals surface area contributed by atoms with Gasteiger partial charge in [0.2, 0.25) is 5.91 Å². The summed E-state index contributed by atoms with van der Waals surface area (Å²) in [5, 5.41) is 3.02. The van der Waals surface area contributed by atoms with E-state index in [1.54, 1.807) is 0 Å². The van der Waals surface area contributed by atoms with Crippen molar-refractivity contribution in [2.45, 2.75) is 77.7 Å². The number of hydrogen-bond acceptors (Lipinski definition) is 2. The van der Waals surface area contributed by atoms with Crippen LogP contribution in [0.25, 0.3) is 0 Å². The minimum atomic E-state index is -0.490. The molecule has 106 valence electrons. The van der Waals surface area contributed by atoms with Crippen LogP contribution < -0.4 is 11.1 Å². The highest BCUT2D eigenvalue weighted by Crippen LogP contribution is 2.16. The number of amides is 1. The Balaban J connectivity index is 4.08. The number of nitrogens with two attached hydrogens (primary N) is 1. The van der Waals surface area contributed by atoms with Gasteiger partial charge in [0.15, 0.2) is 0 Å². The van der Waals surface area contributed by atoms with Crippen molar-refractivity contribution in [3.05, 3.63) is 0 Å². The molecule has 0 saturated heterocycles. The lowest BCUT2D eigenvalue weighted by Gasteiger charge is -2.31. The van der Waals surface area contributed by atoms with Gasteiger partial charge in [0, 0.05) is 6.42 Å². The van der Waals surface area contributed by atoms with Crippen molar-refractivity contribution < 1.29 is 4.79 Å². The van der Waals surface area contributed by atoms with E-state index in [0.29, 0.717) is 11.4 Å². The molecule has 0 unspecified atom stereocenters. The highest BCUT2D eigenvalue weighted by Gasteiger charge is 2.30. The van der Waals surface area contributed by atoms with E-state index in [1.807, 2.05) is 13.8 Å². The summed E-state index contributed by atoms with van der Waals surface area (Å²) in [6.07, 6.45) is 7.84. The molecule has 0 heterocycles. The molecule has 0 aromatic rings. The molecule has 0 aliphatic carbocycles. The smallest absolute Gasteiger partial charge is 0.220 e. The van der Waals surface area contributed by atoms with Crippen LogP contribution >= 0.6 is 12.2 Å². The molecule has 0 atom stereocenters. The molecule has 0 aliphatic rings. The second kappa shape index (κ2) is 9.31. The van der Waals surface area contributed by atoms with Crippen LogP contribution in [0.15, 0.2) is 0 Å². The number of thiocarbonyl (C=S) groups is 1. The Kier molecular flexibility index (Phi) is 8.98. The van der Waals surface area contributed by atoms with E-state index in [2.05, 4.69) is 12.2 Å². The summed E-state index contributed by atoms with van der Waals surface area (Å²) >= 11 is 5.08. The van der Waals surface area contributed by atoms with E-state index in [4.69, 9.17) is 18.0 Å². The molecule has 0 rings (SSSR count). The van der Waals surface area contributed by atoms with Gasteiger partial charge in [0.05, 0.1) is 10.5 Å². The molecule has 0 aromatic heterocycles. The average Bonchev–Trinajstić information content (AvgIpc) is 2.35. The molecule has 3 nitrogen and oxygen atoms in total. The van der Waals surface area contributed by atoms with Crippen LogP contribution in [0.1, 0.15) is 72.1 Å². The van der Waals surface area contributed by atoms with Crippen LogP contribution in [0.4, 0.5) is 0 Å². The first kappa shape index (κ1) is 17.4. The van der Waals surface area contributed by atoms with Crippen molar-refractivity contribution in [2.24, 2.45) is 5.73 Å². The maximum Gasteiger partial charge on any atom is 0.220 e. The zero-order valence-electron chi connectivity index (χ0n) is 12.1. The summed E-state index contributed by atoms with van der Waals surface area (Å²) in [6.45, 7) is 6.19. The quantitative estimate of drug-likeness (QED) is 0.474. The summed E-state index contributed by atoms with van der Waals surface area (Å²) in [7, 11) is 0. The topological polar surface area (TPSA) is 55.1 Å². The molecule has 0 spiro atoms. The van der Waals surface area contributed by atoms with Crippen molar-refractivity contribution >= 4 is 23.1 Å². The zero-order chi connectivity index (χ0) is 14.0.